The smallest absolute Gasteiger partial charge is 0.334 e. The normalized spacial score (nSPS) is 20.4. The summed E-state index contributed by atoms with van der Waals surface area (Å²) >= 11 is 0. The fraction of sp³-hybridized carbons (Fsp3) is 0.706. The molecule has 1 aliphatic rings. The van der Waals surface area contributed by atoms with Gasteiger partial charge in [0.1, 0.15) is 6.10 Å². The van der Waals surface area contributed by atoms with Crippen molar-refractivity contribution in [2.24, 2.45) is 0 Å². The molecule has 0 aromatic rings. The molecule has 0 saturated carbocycles. The van der Waals surface area contributed by atoms with E-state index in [-0.39, 0.29) is 18.7 Å². The number of carbonyl (C=O) groups excluding carboxylic acids is 1. The van der Waals surface area contributed by atoms with E-state index in [0.29, 0.717) is 6.42 Å². The van der Waals surface area contributed by atoms with E-state index >= 15 is 0 Å². The van der Waals surface area contributed by atoms with Crippen LogP contribution < -0.4 is 0 Å². The molecule has 3 nitrogen and oxygen atoms in total. The summed E-state index contributed by atoms with van der Waals surface area (Å²) in [7, 11) is 0. The molecule has 20 heavy (non-hydrogen) atoms. The van der Waals surface area contributed by atoms with Crippen LogP contribution >= 0.6 is 0 Å². The van der Waals surface area contributed by atoms with Gasteiger partial charge in [0.05, 0.1) is 6.61 Å². The molecule has 1 atom stereocenters. The van der Waals surface area contributed by atoms with Crippen LogP contribution in [0.2, 0.25) is 0 Å². The molecule has 1 fully saturated rings. The predicted octanol–water partition coefficient (Wildman–Crippen LogP) is 3.92. The number of carbonyl (C=O) groups is 1. The van der Waals surface area contributed by atoms with Crippen molar-refractivity contribution in [2.45, 2.75) is 70.3 Å². The van der Waals surface area contributed by atoms with Crippen molar-refractivity contribution in [1.29, 1.82) is 0 Å². The van der Waals surface area contributed by atoms with Gasteiger partial charge in [-0.25, -0.2) is 4.79 Å². The topological polar surface area (TPSA) is 46.5 Å². The van der Waals surface area contributed by atoms with E-state index < -0.39 is 0 Å². The molecule has 1 saturated heterocycles. The number of esters is 1. The van der Waals surface area contributed by atoms with Gasteiger partial charge in [-0.15, -0.1) is 6.58 Å². The van der Waals surface area contributed by atoms with Gasteiger partial charge < -0.3 is 9.84 Å². The Balaban J connectivity index is 1.97. The molecule has 0 bridgehead atoms. The van der Waals surface area contributed by atoms with E-state index in [9.17, 15) is 4.79 Å². The lowest BCUT2D eigenvalue weighted by Gasteiger charge is -2.00. The van der Waals surface area contributed by atoms with Crippen molar-refractivity contribution in [3.63, 3.8) is 0 Å². The molecule has 1 aliphatic heterocycles. The van der Waals surface area contributed by atoms with Gasteiger partial charge in [0.2, 0.25) is 0 Å². The standard InChI is InChI=1S/C17H28O3/c1-2-3-4-5-6-7-8-9-10-11-12-15-13-16(14-18)20-17(15)19/h2,12,16,18H,1,3-11,13-14H2/b15-12+/t16-/m1/s1. The summed E-state index contributed by atoms with van der Waals surface area (Å²) < 4.78 is 5.00. The SMILES string of the molecule is C=CCCCCCCCCC/C=C1\C[C@H](CO)OC1=O. The van der Waals surface area contributed by atoms with E-state index in [1.54, 1.807) is 0 Å². The Labute approximate surface area is 122 Å². The van der Waals surface area contributed by atoms with Gasteiger partial charge in [-0.2, -0.15) is 0 Å². The monoisotopic (exact) mass is 280 g/mol. The Bertz CT molecular complexity index is 320. The van der Waals surface area contributed by atoms with E-state index in [4.69, 9.17) is 9.84 Å². The third-order valence-electron chi connectivity index (χ3n) is 3.69. The molecular weight excluding hydrogens is 252 g/mol. The molecule has 0 spiro atoms. The van der Waals surface area contributed by atoms with Gasteiger partial charge in [0, 0.05) is 12.0 Å². The lowest BCUT2D eigenvalue weighted by Crippen LogP contribution is -2.10. The largest absolute Gasteiger partial charge is 0.456 e. The second-order valence-corrected chi connectivity index (χ2v) is 5.48. The fourth-order valence-electron chi connectivity index (χ4n) is 2.46. The Hall–Kier alpha value is -1.09. The summed E-state index contributed by atoms with van der Waals surface area (Å²) in [5.74, 6) is -0.244. The Morgan fingerprint density at radius 3 is 2.25 bits per heavy atom. The Morgan fingerprint density at radius 1 is 1.10 bits per heavy atom. The van der Waals surface area contributed by atoms with Gasteiger partial charge in [-0.1, -0.05) is 44.3 Å². The first-order valence-electron chi connectivity index (χ1n) is 7.89. The molecule has 0 aromatic carbocycles. The Morgan fingerprint density at radius 2 is 1.70 bits per heavy atom. The molecule has 1 N–H and O–H groups in total. The molecule has 0 aliphatic carbocycles. The van der Waals surface area contributed by atoms with Crippen LogP contribution in [0.25, 0.3) is 0 Å². The average Bonchev–Trinajstić information content (AvgIpc) is 2.81. The molecule has 114 valence electrons. The molecule has 0 amide bonds. The summed E-state index contributed by atoms with van der Waals surface area (Å²) in [5.41, 5.74) is 0.744. The summed E-state index contributed by atoms with van der Waals surface area (Å²) in [6.45, 7) is 3.65. The second kappa shape index (κ2) is 10.7. The van der Waals surface area contributed by atoms with Crippen LogP contribution in [0, 0.1) is 0 Å². The van der Waals surface area contributed by atoms with Gasteiger partial charge in [-0.3, -0.25) is 0 Å². The predicted molar refractivity (Wildman–Crippen MR) is 81.4 cm³/mol. The third-order valence-corrected chi connectivity index (χ3v) is 3.69. The Kier molecular flexibility index (Phi) is 9.05. The summed E-state index contributed by atoms with van der Waals surface area (Å²) in [6, 6.07) is 0. The number of ether oxygens (including phenoxy) is 1. The maximum atomic E-state index is 11.4. The number of aliphatic hydroxyl groups excluding tert-OH is 1. The van der Waals surface area contributed by atoms with Crippen molar-refractivity contribution in [1.82, 2.24) is 0 Å². The molecule has 0 unspecified atom stereocenters. The van der Waals surface area contributed by atoms with E-state index in [1.165, 1.54) is 38.5 Å². The van der Waals surface area contributed by atoms with Crippen LogP contribution in [0.4, 0.5) is 0 Å². The van der Waals surface area contributed by atoms with Crippen molar-refractivity contribution in [2.75, 3.05) is 6.61 Å². The summed E-state index contributed by atoms with van der Waals surface area (Å²) in [5, 5.41) is 8.94. The molecule has 3 heteroatoms. The molecule has 1 heterocycles. The van der Waals surface area contributed by atoms with Crippen LogP contribution in [0.5, 0.6) is 0 Å². The lowest BCUT2D eigenvalue weighted by molar-refractivity contribution is -0.140. The first-order chi connectivity index (χ1) is 9.77. The molecule has 0 radical (unpaired) electrons. The van der Waals surface area contributed by atoms with Crippen LogP contribution in [0.1, 0.15) is 64.2 Å². The number of aliphatic hydroxyl groups is 1. The highest BCUT2D eigenvalue weighted by Crippen LogP contribution is 2.21. The van der Waals surface area contributed by atoms with Gasteiger partial charge >= 0.3 is 5.97 Å². The second-order valence-electron chi connectivity index (χ2n) is 5.48. The van der Waals surface area contributed by atoms with Crippen LogP contribution in [-0.4, -0.2) is 23.8 Å². The van der Waals surface area contributed by atoms with E-state index in [2.05, 4.69) is 6.58 Å². The van der Waals surface area contributed by atoms with Crippen molar-refractivity contribution >= 4 is 5.97 Å². The molecular formula is C17H28O3. The quantitative estimate of drug-likeness (QED) is 0.270. The van der Waals surface area contributed by atoms with E-state index in [0.717, 1.165) is 24.8 Å². The van der Waals surface area contributed by atoms with Crippen LogP contribution in [0.15, 0.2) is 24.3 Å². The van der Waals surface area contributed by atoms with Gasteiger partial charge in [0.25, 0.3) is 0 Å². The zero-order valence-corrected chi connectivity index (χ0v) is 12.5. The van der Waals surface area contributed by atoms with Crippen molar-refractivity contribution in [3.05, 3.63) is 24.3 Å². The molecule has 1 rings (SSSR count). The fourth-order valence-corrected chi connectivity index (χ4v) is 2.46. The van der Waals surface area contributed by atoms with Crippen LogP contribution in [-0.2, 0) is 9.53 Å². The number of cyclic esters (lactones) is 1. The third kappa shape index (κ3) is 6.90. The van der Waals surface area contributed by atoms with Gasteiger partial charge in [-0.05, 0) is 25.7 Å². The zero-order chi connectivity index (χ0) is 14.6. The maximum Gasteiger partial charge on any atom is 0.334 e. The number of hydrogen-bond donors (Lipinski definition) is 1. The first kappa shape index (κ1) is 17.0. The summed E-state index contributed by atoms with van der Waals surface area (Å²) in [4.78, 5) is 11.4. The number of rotatable bonds is 11. The highest BCUT2D eigenvalue weighted by molar-refractivity contribution is 5.90. The molecule has 0 aromatic heterocycles. The number of unbranched alkanes of at least 4 members (excludes halogenated alkanes) is 8. The first-order valence-corrected chi connectivity index (χ1v) is 7.89. The van der Waals surface area contributed by atoms with Crippen molar-refractivity contribution in [3.8, 4) is 0 Å². The van der Waals surface area contributed by atoms with E-state index in [1.807, 2.05) is 12.2 Å². The minimum absolute atomic E-state index is 0.0745. The summed E-state index contributed by atoms with van der Waals surface area (Å²) in [6.07, 6.45) is 15.2. The van der Waals surface area contributed by atoms with Crippen molar-refractivity contribution < 1.29 is 14.6 Å². The minimum Gasteiger partial charge on any atom is -0.456 e. The van der Waals surface area contributed by atoms with Gasteiger partial charge in [0.15, 0.2) is 0 Å². The average molecular weight is 280 g/mol. The number of allylic oxidation sites excluding steroid dienone is 2. The highest BCUT2D eigenvalue weighted by Gasteiger charge is 2.27. The zero-order valence-electron chi connectivity index (χ0n) is 12.5. The number of hydrogen-bond acceptors (Lipinski definition) is 3. The maximum absolute atomic E-state index is 11.4. The lowest BCUT2D eigenvalue weighted by atomic mass is 10.1. The highest BCUT2D eigenvalue weighted by atomic mass is 16.6. The van der Waals surface area contributed by atoms with Crippen LogP contribution in [0.3, 0.4) is 0 Å². The minimum atomic E-state index is -0.315.